The number of methoxy groups -OCH3 is 2. The number of amides is 4. The molecule has 0 saturated heterocycles. The van der Waals surface area contributed by atoms with Gasteiger partial charge in [0.25, 0.3) is 0 Å². The molecule has 5 aromatic rings. The largest absolute Gasteiger partial charge is 0.488 e. The molecule has 308 valence electrons. The summed E-state index contributed by atoms with van der Waals surface area (Å²) in [5.74, 6) is 1.61. The molecule has 0 fully saturated rings. The van der Waals surface area contributed by atoms with Crippen LogP contribution < -0.4 is 15.4 Å². The Kier molecular flexibility index (Phi) is 12.3. The number of H-pyrrole nitrogens is 2. The summed E-state index contributed by atoms with van der Waals surface area (Å²) in [6, 6.07) is 18.7. The van der Waals surface area contributed by atoms with Crippen LogP contribution in [0.3, 0.4) is 0 Å². The van der Waals surface area contributed by atoms with Crippen molar-refractivity contribution in [3.8, 4) is 39.4 Å². The number of nitrogens with one attached hydrogen (secondary N) is 4. The van der Waals surface area contributed by atoms with Gasteiger partial charge in [-0.3, -0.25) is 9.59 Å². The van der Waals surface area contributed by atoms with Crippen LogP contribution in [0.15, 0.2) is 66.9 Å². The van der Waals surface area contributed by atoms with Gasteiger partial charge in [-0.25, -0.2) is 19.6 Å². The number of fused-ring (bicyclic) bond motifs is 6. The van der Waals surface area contributed by atoms with Gasteiger partial charge in [0.15, 0.2) is 0 Å². The van der Waals surface area contributed by atoms with E-state index in [0.29, 0.717) is 30.4 Å². The first-order chi connectivity index (χ1) is 28.6. The van der Waals surface area contributed by atoms with E-state index in [-0.39, 0.29) is 37.5 Å². The van der Waals surface area contributed by atoms with Gasteiger partial charge >= 0.3 is 12.2 Å². The monoisotopic (exact) mass is 802 g/mol. The fraction of sp³-hybridized carbons (Fsp3) is 0.364. The first kappa shape index (κ1) is 40.6. The van der Waals surface area contributed by atoms with E-state index < -0.39 is 18.2 Å². The molecule has 15 heteroatoms. The number of aromatic nitrogens is 4. The third-order valence-corrected chi connectivity index (χ3v) is 11.0. The van der Waals surface area contributed by atoms with Gasteiger partial charge in [-0.15, -0.1) is 0 Å². The summed E-state index contributed by atoms with van der Waals surface area (Å²) in [5, 5.41) is 5.18. The Morgan fingerprint density at radius 3 is 2.42 bits per heavy atom. The number of hydrogen-bond acceptors (Lipinski definition) is 9. The molecule has 0 saturated carbocycles. The third kappa shape index (κ3) is 8.78. The van der Waals surface area contributed by atoms with Crippen LogP contribution in [0.5, 0.6) is 5.75 Å². The Labute approximate surface area is 342 Å². The van der Waals surface area contributed by atoms with Gasteiger partial charge in [0.05, 0.1) is 44.9 Å². The highest BCUT2D eigenvalue weighted by atomic mass is 16.5. The van der Waals surface area contributed by atoms with E-state index in [1.807, 2.05) is 39.0 Å². The molecule has 4 N–H and O–H groups in total. The van der Waals surface area contributed by atoms with E-state index in [4.69, 9.17) is 14.5 Å². The molecule has 15 nitrogen and oxygen atoms in total. The summed E-state index contributed by atoms with van der Waals surface area (Å²) >= 11 is 0. The fourth-order valence-electron chi connectivity index (χ4n) is 7.68. The topological polar surface area (TPSA) is 184 Å². The van der Waals surface area contributed by atoms with Crippen molar-refractivity contribution in [3.63, 3.8) is 0 Å². The minimum absolute atomic E-state index is 0.0593. The third-order valence-electron chi connectivity index (χ3n) is 11.0. The van der Waals surface area contributed by atoms with E-state index >= 15 is 0 Å². The number of aryl methyl sites for hydroxylation is 2. The minimum Gasteiger partial charge on any atom is -0.488 e. The van der Waals surface area contributed by atoms with E-state index in [1.165, 1.54) is 19.8 Å². The number of benzene rings is 3. The highest BCUT2D eigenvalue weighted by Gasteiger charge is 2.30. The summed E-state index contributed by atoms with van der Waals surface area (Å²) < 4.78 is 15.8. The van der Waals surface area contributed by atoms with Crippen LogP contribution in [0.4, 0.5) is 9.59 Å². The molecule has 3 heterocycles. The highest BCUT2D eigenvalue weighted by molar-refractivity contribution is 5.87. The zero-order chi connectivity index (χ0) is 41.6. The van der Waals surface area contributed by atoms with Crippen LogP contribution in [0, 0.1) is 0 Å². The molecule has 0 radical (unpaired) electrons. The predicted octanol–water partition coefficient (Wildman–Crippen LogP) is 6.44. The molecular weight excluding hydrogens is 753 g/mol. The number of alkyl carbamates (subject to hydrolysis) is 2. The van der Waals surface area contributed by atoms with Crippen LogP contribution >= 0.6 is 0 Å². The quantitative estimate of drug-likeness (QED) is 0.0981. The van der Waals surface area contributed by atoms with Gasteiger partial charge in [-0.2, -0.15) is 0 Å². The van der Waals surface area contributed by atoms with Gasteiger partial charge in [0.1, 0.15) is 36.6 Å². The average molecular weight is 803 g/mol. The van der Waals surface area contributed by atoms with Crippen molar-refractivity contribution in [1.29, 1.82) is 0 Å². The number of ether oxygens (including phenoxy) is 3. The van der Waals surface area contributed by atoms with Gasteiger partial charge in [0.2, 0.25) is 11.8 Å². The molecule has 59 heavy (non-hydrogen) atoms. The van der Waals surface area contributed by atoms with Crippen molar-refractivity contribution in [2.45, 2.75) is 78.2 Å². The van der Waals surface area contributed by atoms with Crippen molar-refractivity contribution >= 4 is 24.0 Å². The highest BCUT2D eigenvalue weighted by Crippen LogP contribution is 2.44. The van der Waals surface area contributed by atoms with Gasteiger partial charge < -0.3 is 44.6 Å². The number of hydrogen-bond donors (Lipinski definition) is 4. The Morgan fingerprint density at radius 1 is 0.881 bits per heavy atom. The Hall–Kier alpha value is -6.64. The van der Waals surface area contributed by atoms with Crippen molar-refractivity contribution in [2.24, 2.45) is 0 Å². The van der Waals surface area contributed by atoms with Crippen molar-refractivity contribution in [2.75, 3.05) is 27.3 Å². The molecule has 1 aliphatic heterocycles. The summed E-state index contributed by atoms with van der Waals surface area (Å²) in [7, 11) is 2.54. The molecule has 0 unspecified atom stereocenters. The second kappa shape index (κ2) is 17.9. The number of imidazole rings is 2. The Balaban J connectivity index is 1.08. The molecule has 4 amide bonds. The Morgan fingerprint density at radius 2 is 1.68 bits per heavy atom. The lowest BCUT2D eigenvalue weighted by Gasteiger charge is -2.27. The van der Waals surface area contributed by atoms with Crippen molar-refractivity contribution in [1.82, 2.24) is 40.4 Å². The molecular formula is C44H50N8O7. The summed E-state index contributed by atoms with van der Waals surface area (Å²) in [4.78, 5) is 70.8. The standard InChI is InChI=1S/C44H50N8O7/c1-6-17-51(42(54)40(50-44(56)58-5)27-11-9-8-10-12-27)23-37-45-21-35(48-37)29-13-15-31-30(18-29)25-59-36-20-32-28(19-33(31)36)14-16-34-41(32)49-38(47-34)24-52(26(3)7-2)39(53)22-46-43(55)57-4/h8-13,15,18-21,26,40H,6-7,14,16-17,22-25H2,1-5H3,(H,45,48)(H,46,55)(H,47,49)(H,50,56)/t26-,40+/m0/s1. The number of aromatic amines is 2. The summed E-state index contributed by atoms with van der Waals surface area (Å²) in [6.45, 7) is 7.20. The van der Waals surface area contributed by atoms with E-state index in [0.717, 1.165) is 76.3 Å². The van der Waals surface area contributed by atoms with Gasteiger partial charge in [-0.1, -0.05) is 56.3 Å². The maximum atomic E-state index is 13.9. The zero-order valence-electron chi connectivity index (χ0n) is 34.0. The smallest absolute Gasteiger partial charge is 0.407 e. The molecule has 0 bridgehead atoms. The average Bonchev–Trinajstić information content (AvgIpc) is 3.92. The second-order valence-corrected chi connectivity index (χ2v) is 14.8. The molecule has 1 aliphatic carbocycles. The molecule has 3 aromatic carbocycles. The lowest BCUT2D eigenvalue weighted by molar-refractivity contribution is -0.134. The predicted molar refractivity (Wildman–Crippen MR) is 220 cm³/mol. The van der Waals surface area contributed by atoms with Crippen LogP contribution in [-0.2, 0) is 51.6 Å². The van der Waals surface area contributed by atoms with Crippen LogP contribution in [0.2, 0.25) is 0 Å². The maximum Gasteiger partial charge on any atom is 0.407 e. The Bertz CT molecular complexity index is 2340. The summed E-state index contributed by atoms with van der Waals surface area (Å²) in [5.41, 5.74) is 9.64. The normalized spacial score (nSPS) is 13.3. The number of carbonyl (C=O) groups excluding carboxylic acids is 4. The molecule has 2 aliphatic rings. The molecule has 0 spiro atoms. The SMILES string of the molecule is CCCN(Cc1ncc(-c2ccc3c(c2)COc2cc4c(cc2-3)CCc2[nH]c(CN(C(=O)CNC(=O)OC)[C@@H](C)CC)nc2-4)[nH]1)C(=O)[C@H](NC(=O)OC)c1ccccc1. The van der Waals surface area contributed by atoms with Crippen LogP contribution in [0.25, 0.3) is 33.6 Å². The molecule has 2 aromatic heterocycles. The van der Waals surface area contributed by atoms with Crippen LogP contribution in [0.1, 0.15) is 73.7 Å². The van der Waals surface area contributed by atoms with E-state index in [9.17, 15) is 19.2 Å². The second-order valence-electron chi connectivity index (χ2n) is 14.8. The lowest BCUT2D eigenvalue weighted by atomic mass is 9.86. The molecule has 2 atom stereocenters. The fourth-order valence-corrected chi connectivity index (χ4v) is 7.68. The first-order valence-corrected chi connectivity index (χ1v) is 19.9. The minimum atomic E-state index is -0.913. The van der Waals surface area contributed by atoms with Crippen molar-refractivity contribution < 1.29 is 33.4 Å². The van der Waals surface area contributed by atoms with E-state index in [2.05, 4.69) is 60.7 Å². The van der Waals surface area contributed by atoms with Gasteiger partial charge in [0, 0.05) is 29.4 Å². The number of nitrogens with zero attached hydrogens (tertiary/aromatic N) is 4. The van der Waals surface area contributed by atoms with E-state index in [1.54, 1.807) is 28.1 Å². The van der Waals surface area contributed by atoms with Crippen LogP contribution in [-0.4, -0.2) is 87.1 Å². The maximum absolute atomic E-state index is 13.9. The zero-order valence-corrected chi connectivity index (χ0v) is 34.0. The lowest BCUT2D eigenvalue weighted by Crippen LogP contribution is -2.44. The first-order valence-electron chi connectivity index (χ1n) is 19.9. The summed E-state index contributed by atoms with van der Waals surface area (Å²) in [6.07, 6.45) is 3.50. The number of carbonyl (C=O) groups is 4. The van der Waals surface area contributed by atoms with Crippen molar-refractivity contribution in [3.05, 3.63) is 101 Å². The molecule has 7 rings (SSSR count). The number of rotatable bonds is 14. The van der Waals surface area contributed by atoms with Gasteiger partial charge in [-0.05, 0) is 78.6 Å².